The maximum atomic E-state index is 11.5. The molecule has 1 aliphatic rings. The van der Waals surface area contributed by atoms with Gasteiger partial charge in [0, 0.05) is 23.7 Å². The zero-order valence-electron chi connectivity index (χ0n) is 19.0. The van der Waals surface area contributed by atoms with Crippen LogP contribution >= 0.6 is 22.9 Å². The third-order valence-corrected chi connectivity index (χ3v) is 6.80. The summed E-state index contributed by atoms with van der Waals surface area (Å²) in [5, 5.41) is 3.88. The number of rotatable bonds is 8. The number of carbonyl (C=O) groups excluding carboxylic acids is 1. The highest BCUT2D eigenvalue weighted by Crippen LogP contribution is 2.41. The van der Waals surface area contributed by atoms with Gasteiger partial charge in [0.2, 0.25) is 5.88 Å². The van der Waals surface area contributed by atoms with E-state index in [1.54, 1.807) is 30.5 Å². The molecule has 0 atom stereocenters. The minimum absolute atomic E-state index is 0.0941. The Morgan fingerprint density at radius 1 is 1.29 bits per heavy atom. The number of hydrogen-bond donors (Lipinski definition) is 1. The van der Waals surface area contributed by atoms with Gasteiger partial charge >= 0.3 is 0 Å². The van der Waals surface area contributed by atoms with Gasteiger partial charge in [-0.15, -0.1) is 11.3 Å². The Morgan fingerprint density at radius 3 is 2.79 bits per heavy atom. The number of halogens is 1. The number of aromatic nitrogens is 5. The van der Waals surface area contributed by atoms with E-state index in [0.717, 1.165) is 22.7 Å². The summed E-state index contributed by atoms with van der Waals surface area (Å²) >= 11 is 8.28. The lowest BCUT2D eigenvalue weighted by Crippen LogP contribution is -2.24. The third kappa shape index (κ3) is 4.55. The molecule has 11 heteroatoms. The lowest BCUT2D eigenvalue weighted by molar-refractivity contribution is -0.122. The highest BCUT2D eigenvalue weighted by atomic mass is 35.5. The van der Waals surface area contributed by atoms with Crippen molar-refractivity contribution < 1.29 is 14.3 Å². The first kappa shape index (κ1) is 22.5. The van der Waals surface area contributed by atoms with E-state index >= 15 is 0 Å². The fourth-order valence-corrected chi connectivity index (χ4v) is 4.49. The second kappa shape index (κ2) is 8.84. The smallest absolute Gasteiger partial charge is 0.257 e. The van der Waals surface area contributed by atoms with Crippen LogP contribution in [0.4, 0.5) is 0 Å². The van der Waals surface area contributed by atoms with Crippen LogP contribution in [0.2, 0.25) is 5.02 Å². The van der Waals surface area contributed by atoms with Crippen LogP contribution < -0.4 is 14.8 Å². The van der Waals surface area contributed by atoms with E-state index in [2.05, 4.69) is 27.2 Å². The molecule has 3 heterocycles. The largest absolute Gasteiger partial charge is 0.484 e. The van der Waals surface area contributed by atoms with Crippen LogP contribution in [0.15, 0.2) is 30.7 Å². The molecule has 0 saturated heterocycles. The molecule has 0 spiro atoms. The van der Waals surface area contributed by atoms with Crippen molar-refractivity contribution in [3.63, 3.8) is 0 Å². The fourth-order valence-electron chi connectivity index (χ4n) is 3.46. The number of hydrogen-bond acceptors (Lipinski definition) is 8. The summed E-state index contributed by atoms with van der Waals surface area (Å²) in [6.07, 6.45) is 5.30. The number of nitrogens with zero attached hydrogens (tertiary/aromatic N) is 5. The van der Waals surface area contributed by atoms with Gasteiger partial charge in [-0.2, -0.15) is 4.98 Å². The van der Waals surface area contributed by atoms with E-state index in [0.29, 0.717) is 45.7 Å². The molecule has 0 unspecified atom stereocenters. The zero-order chi connectivity index (χ0) is 23.9. The first-order chi connectivity index (χ1) is 16.3. The van der Waals surface area contributed by atoms with Crippen molar-refractivity contribution in [3.05, 3.63) is 45.6 Å². The Kier molecular flexibility index (Phi) is 5.86. The number of nitrogens with one attached hydrogen (secondary N) is 1. The van der Waals surface area contributed by atoms with Crippen LogP contribution in [0.5, 0.6) is 11.6 Å². The highest BCUT2D eigenvalue weighted by Gasteiger charge is 2.41. The molecule has 9 nitrogen and oxygen atoms in total. The first-order valence-electron chi connectivity index (χ1n) is 10.8. The van der Waals surface area contributed by atoms with Gasteiger partial charge in [0.25, 0.3) is 5.91 Å². The van der Waals surface area contributed by atoms with Crippen molar-refractivity contribution in [1.29, 1.82) is 0 Å². The molecule has 1 saturated carbocycles. The molecular weight excluding hydrogens is 476 g/mol. The van der Waals surface area contributed by atoms with E-state index in [9.17, 15) is 4.79 Å². The van der Waals surface area contributed by atoms with E-state index in [1.165, 1.54) is 6.33 Å². The van der Waals surface area contributed by atoms with Crippen LogP contribution in [0.1, 0.15) is 29.7 Å². The van der Waals surface area contributed by atoms with Gasteiger partial charge in [-0.25, -0.2) is 15.0 Å². The lowest BCUT2D eigenvalue weighted by atomic mass is 10.2. The highest BCUT2D eigenvalue weighted by molar-refractivity contribution is 7.11. The molecule has 3 aromatic heterocycles. The molecule has 176 valence electrons. The molecule has 1 amide bonds. The van der Waals surface area contributed by atoms with E-state index < -0.39 is 0 Å². The number of ether oxygens (including phenoxy) is 2. The second-order valence-corrected chi connectivity index (χ2v) is 10.1. The van der Waals surface area contributed by atoms with Gasteiger partial charge < -0.3 is 19.4 Å². The molecule has 4 aromatic rings. The maximum Gasteiger partial charge on any atom is 0.257 e. The molecule has 1 N–H and O–H groups in total. The summed E-state index contributed by atoms with van der Waals surface area (Å²) in [5.74, 6) is 1.34. The van der Waals surface area contributed by atoms with Gasteiger partial charge in [0.05, 0.1) is 11.6 Å². The molecule has 0 aliphatic heterocycles. The number of carbonyl (C=O) groups is 1. The molecule has 1 fully saturated rings. The fraction of sp³-hybridized carbons (Fsp3) is 0.348. The Hall–Kier alpha value is -3.24. The predicted molar refractivity (Wildman–Crippen MR) is 130 cm³/mol. The van der Waals surface area contributed by atoms with Crippen LogP contribution in [0.25, 0.3) is 22.6 Å². The van der Waals surface area contributed by atoms with Crippen LogP contribution in [-0.2, 0) is 11.3 Å². The predicted octanol–water partition coefficient (Wildman–Crippen LogP) is 4.02. The van der Waals surface area contributed by atoms with Crippen molar-refractivity contribution in [3.8, 4) is 23.0 Å². The summed E-state index contributed by atoms with van der Waals surface area (Å²) in [6, 6.07) is 5.25. The van der Waals surface area contributed by atoms with Gasteiger partial charge in [-0.05, 0) is 44.9 Å². The topological polar surface area (TPSA) is 104 Å². The number of benzene rings is 1. The van der Waals surface area contributed by atoms with Crippen molar-refractivity contribution >= 4 is 40.0 Å². The van der Waals surface area contributed by atoms with Crippen molar-refractivity contribution in [2.45, 2.75) is 38.8 Å². The SMILES string of the molecule is CNC(=O)COc1ccc(-c2nc3c(OC4(C)CC4)ncnc3n2Cc2ncc(C)s2)c(Cl)c1. The molecular formula is C23H23ClN6O3S. The summed E-state index contributed by atoms with van der Waals surface area (Å²) in [5.41, 5.74) is 1.71. The van der Waals surface area contributed by atoms with Gasteiger partial charge in [-0.1, -0.05) is 11.6 Å². The Labute approximate surface area is 205 Å². The number of amides is 1. The van der Waals surface area contributed by atoms with Crippen LogP contribution in [0, 0.1) is 6.92 Å². The quantitative estimate of drug-likeness (QED) is 0.391. The number of imidazole rings is 1. The molecule has 5 rings (SSSR count). The molecule has 1 aromatic carbocycles. The molecule has 34 heavy (non-hydrogen) atoms. The number of thiazole rings is 1. The van der Waals surface area contributed by atoms with E-state index in [4.69, 9.17) is 26.1 Å². The first-order valence-corrected chi connectivity index (χ1v) is 12.0. The summed E-state index contributed by atoms with van der Waals surface area (Å²) in [6.45, 7) is 4.46. The number of fused-ring (bicyclic) bond motifs is 1. The molecule has 1 aliphatic carbocycles. The Morgan fingerprint density at radius 2 is 2.12 bits per heavy atom. The Balaban J connectivity index is 1.58. The van der Waals surface area contributed by atoms with Crippen molar-refractivity contribution in [2.75, 3.05) is 13.7 Å². The van der Waals surface area contributed by atoms with Crippen molar-refractivity contribution in [1.82, 2.24) is 29.8 Å². The van der Waals surface area contributed by atoms with E-state index in [-0.39, 0.29) is 18.1 Å². The molecule has 0 bridgehead atoms. The monoisotopic (exact) mass is 498 g/mol. The lowest BCUT2D eigenvalue weighted by Gasteiger charge is -2.11. The Bertz CT molecular complexity index is 1380. The average molecular weight is 499 g/mol. The number of aryl methyl sites for hydroxylation is 1. The molecule has 0 radical (unpaired) electrons. The summed E-state index contributed by atoms with van der Waals surface area (Å²) in [4.78, 5) is 30.9. The van der Waals surface area contributed by atoms with Gasteiger partial charge in [0.15, 0.2) is 17.8 Å². The second-order valence-electron chi connectivity index (χ2n) is 8.39. The summed E-state index contributed by atoms with van der Waals surface area (Å²) < 4.78 is 13.7. The third-order valence-electron chi connectivity index (χ3n) is 5.59. The average Bonchev–Trinajstić information content (AvgIpc) is 3.22. The van der Waals surface area contributed by atoms with Crippen LogP contribution in [-0.4, -0.2) is 49.7 Å². The maximum absolute atomic E-state index is 11.5. The van der Waals surface area contributed by atoms with Gasteiger partial charge in [0.1, 0.15) is 28.5 Å². The van der Waals surface area contributed by atoms with Crippen molar-refractivity contribution in [2.24, 2.45) is 0 Å². The minimum Gasteiger partial charge on any atom is -0.484 e. The normalized spacial score (nSPS) is 14.2. The van der Waals surface area contributed by atoms with Crippen LogP contribution in [0.3, 0.4) is 0 Å². The standard InChI is InChI=1S/C23H23ClN6O3S/c1-13-9-26-18(34-13)10-30-20(15-5-4-14(8-16(15)24)32-11-17(31)25-3)29-19-21(30)27-12-28-22(19)33-23(2)6-7-23/h4-5,8-9,12H,6-7,10-11H2,1-3H3,(H,25,31). The summed E-state index contributed by atoms with van der Waals surface area (Å²) in [7, 11) is 1.56. The number of likely N-dealkylation sites (N-methyl/N-ethyl adjacent to an activating group) is 1. The van der Waals surface area contributed by atoms with Gasteiger partial charge in [-0.3, -0.25) is 4.79 Å². The zero-order valence-corrected chi connectivity index (χ0v) is 20.5. The van der Waals surface area contributed by atoms with E-state index in [1.807, 2.05) is 23.8 Å². The minimum atomic E-state index is -0.226.